The van der Waals surface area contributed by atoms with E-state index in [0.29, 0.717) is 12.4 Å². The van der Waals surface area contributed by atoms with E-state index < -0.39 is 0 Å². The number of hydrogen-bond donors (Lipinski definition) is 2. The molecule has 1 amide bonds. The van der Waals surface area contributed by atoms with Gasteiger partial charge in [-0.15, -0.1) is 5.10 Å². The molecule has 3 N–H and O–H groups in total. The van der Waals surface area contributed by atoms with Crippen LogP contribution in [0, 0.1) is 6.92 Å². The average Bonchev–Trinajstić information content (AvgIpc) is 2.72. The molecule has 0 aliphatic rings. The third-order valence-electron chi connectivity index (χ3n) is 2.16. The summed E-state index contributed by atoms with van der Waals surface area (Å²) in [5.74, 6) is 0.635. The minimum absolute atomic E-state index is 0.0776. The molecule has 0 spiro atoms. The van der Waals surface area contributed by atoms with Crippen molar-refractivity contribution in [3.05, 3.63) is 30.1 Å². The van der Waals surface area contributed by atoms with Crippen LogP contribution in [-0.4, -0.2) is 30.6 Å². The van der Waals surface area contributed by atoms with E-state index in [4.69, 9.17) is 5.73 Å². The van der Waals surface area contributed by atoms with Crippen LogP contribution in [0.5, 0.6) is 0 Å². The number of hydrogen-bond acceptors (Lipinski definition) is 6. The van der Waals surface area contributed by atoms with Crippen LogP contribution in [0.4, 0.5) is 5.95 Å². The zero-order valence-electron chi connectivity index (χ0n) is 9.87. The summed E-state index contributed by atoms with van der Waals surface area (Å²) in [4.78, 5) is 23.5. The van der Waals surface area contributed by atoms with Gasteiger partial charge in [-0.25, -0.2) is 19.6 Å². The van der Waals surface area contributed by atoms with E-state index in [1.165, 1.54) is 11.0 Å². The second-order valence-corrected chi connectivity index (χ2v) is 3.67. The lowest BCUT2D eigenvalue weighted by Crippen LogP contribution is -2.27. The van der Waals surface area contributed by atoms with E-state index in [-0.39, 0.29) is 18.4 Å². The molecule has 0 aliphatic heterocycles. The van der Waals surface area contributed by atoms with Crippen molar-refractivity contribution < 1.29 is 4.79 Å². The Labute approximate surface area is 103 Å². The van der Waals surface area contributed by atoms with E-state index in [1.54, 1.807) is 19.2 Å². The SMILES string of the molecule is Cc1nccc(CNC(=O)Cn2cnc(N)n2)n1. The van der Waals surface area contributed by atoms with Crippen LogP contribution < -0.4 is 11.1 Å². The first-order valence-electron chi connectivity index (χ1n) is 5.33. The van der Waals surface area contributed by atoms with E-state index in [1.807, 2.05) is 0 Å². The molecule has 0 unspecified atom stereocenters. The number of aryl methyl sites for hydroxylation is 1. The molecule has 0 aromatic carbocycles. The average molecular weight is 247 g/mol. The lowest BCUT2D eigenvalue weighted by Gasteiger charge is -2.04. The van der Waals surface area contributed by atoms with Crippen LogP contribution in [0.25, 0.3) is 0 Å². The number of nitrogens with one attached hydrogen (secondary N) is 1. The molecular weight excluding hydrogens is 234 g/mol. The van der Waals surface area contributed by atoms with Crippen molar-refractivity contribution in [3.8, 4) is 0 Å². The Bertz CT molecular complexity index is 551. The normalized spacial score (nSPS) is 10.3. The first kappa shape index (κ1) is 12.0. The Balaban J connectivity index is 1.85. The summed E-state index contributed by atoms with van der Waals surface area (Å²) in [6.45, 7) is 2.23. The first-order chi connectivity index (χ1) is 8.63. The fraction of sp³-hybridized carbons (Fsp3) is 0.300. The molecule has 0 saturated heterocycles. The van der Waals surface area contributed by atoms with Crippen molar-refractivity contribution in [2.45, 2.75) is 20.0 Å². The van der Waals surface area contributed by atoms with E-state index >= 15 is 0 Å². The Kier molecular flexibility index (Phi) is 3.46. The Morgan fingerprint density at radius 2 is 2.33 bits per heavy atom. The zero-order valence-corrected chi connectivity index (χ0v) is 9.87. The Hall–Kier alpha value is -2.51. The smallest absolute Gasteiger partial charge is 0.242 e. The number of amides is 1. The Morgan fingerprint density at radius 1 is 1.50 bits per heavy atom. The maximum Gasteiger partial charge on any atom is 0.242 e. The molecule has 0 saturated carbocycles. The number of aromatic nitrogens is 5. The van der Waals surface area contributed by atoms with Gasteiger partial charge in [-0.05, 0) is 13.0 Å². The van der Waals surface area contributed by atoms with Gasteiger partial charge in [-0.2, -0.15) is 0 Å². The molecule has 0 radical (unpaired) electrons. The number of nitrogen functional groups attached to an aromatic ring is 1. The van der Waals surface area contributed by atoms with Crippen molar-refractivity contribution in [1.29, 1.82) is 0 Å². The van der Waals surface area contributed by atoms with Crippen LogP contribution in [0.2, 0.25) is 0 Å². The number of nitrogens with zero attached hydrogens (tertiary/aromatic N) is 5. The van der Waals surface area contributed by atoms with Gasteiger partial charge in [-0.1, -0.05) is 0 Å². The van der Waals surface area contributed by atoms with Crippen LogP contribution in [-0.2, 0) is 17.9 Å². The quantitative estimate of drug-likeness (QED) is 0.737. The van der Waals surface area contributed by atoms with Gasteiger partial charge in [0.1, 0.15) is 18.7 Å². The molecule has 8 nitrogen and oxygen atoms in total. The molecule has 0 atom stereocenters. The topological polar surface area (TPSA) is 112 Å². The predicted molar refractivity (Wildman–Crippen MR) is 63.1 cm³/mol. The van der Waals surface area contributed by atoms with Crippen LogP contribution in [0.1, 0.15) is 11.5 Å². The highest BCUT2D eigenvalue weighted by Gasteiger charge is 2.05. The molecule has 0 fully saturated rings. The van der Waals surface area contributed by atoms with Crippen LogP contribution in [0.3, 0.4) is 0 Å². The van der Waals surface area contributed by atoms with Gasteiger partial charge in [0.25, 0.3) is 0 Å². The second-order valence-electron chi connectivity index (χ2n) is 3.67. The largest absolute Gasteiger partial charge is 0.367 e. The van der Waals surface area contributed by atoms with Crippen molar-refractivity contribution >= 4 is 11.9 Å². The summed E-state index contributed by atoms with van der Waals surface area (Å²) in [6, 6.07) is 1.75. The number of nitrogens with two attached hydrogens (primary N) is 1. The Morgan fingerprint density at radius 3 is 3.00 bits per heavy atom. The lowest BCUT2D eigenvalue weighted by atomic mass is 10.4. The van der Waals surface area contributed by atoms with Crippen molar-refractivity contribution in [2.75, 3.05) is 5.73 Å². The highest BCUT2D eigenvalue weighted by atomic mass is 16.2. The molecule has 8 heteroatoms. The summed E-state index contributed by atoms with van der Waals surface area (Å²) in [5, 5.41) is 6.54. The van der Waals surface area contributed by atoms with Crippen LogP contribution >= 0.6 is 0 Å². The summed E-state index contributed by atoms with van der Waals surface area (Å²) in [5.41, 5.74) is 6.10. The number of carbonyl (C=O) groups is 1. The number of carbonyl (C=O) groups excluding carboxylic acids is 1. The fourth-order valence-corrected chi connectivity index (χ4v) is 1.38. The monoisotopic (exact) mass is 247 g/mol. The van der Waals surface area contributed by atoms with E-state index in [9.17, 15) is 4.79 Å². The van der Waals surface area contributed by atoms with Gasteiger partial charge in [0.05, 0.1) is 12.2 Å². The lowest BCUT2D eigenvalue weighted by molar-refractivity contribution is -0.122. The predicted octanol–water partition coefficient (Wildman–Crippen LogP) is -0.725. The third-order valence-corrected chi connectivity index (χ3v) is 2.16. The van der Waals surface area contributed by atoms with Crippen LogP contribution in [0.15, 0.2) is 18.6 Å². The van der Waals surface area contributed by atoms with Gasteiger partial charge in [0.2, 0.25) is 11.9 Å². The van der Waals surface area contributed by atoms with Crippen molar-refractivity contribution in [1.82, 2.24) is 30.0 Å². The van der Waals surface area contributed by atoms with Crippen molar-refractivity contribution in [2.24, 2.45) is 0 Å². The van der Waals surface area contributed by atoms with Gasteiger partial charge in [0, 0.05) is 6.20 Å². The number of rotatable bonds is 4. The van der Waals surface area contributed by atoms with Gasteiger partial charge in [0.15, 0.2) is 0 Å². The van der Waals surface area contributed by atoms with Gasteiger partial charge in [-0.3, -0.25) is 4.79 Å². The van der Waals surface area contributed by atoms with E-state index in [2.05, 4.69) is 25.4 Å². The second kappa shape index (κ2) is 5.21. The van der Waals surface area contributed by atoms with Gasteiger partial charge >= 0.3 is 0 Å². The molecule has 2 aromatic rings. The summed E-state index contributed by atoms with van der Waals surface area (Å²) < 4.78 is 1.37. The summed E-state index contributed by atoms with van der Waals surface area (Å²) in [6.07, 6.45) is 3.06. The minimum atomic E-state index is -0.184. The summed E-state index contributed by atoms with van der Waals surface area (Å²) >= 11 is 0. The molecule has 2 rings (SSSR count). The van der Waals surface area contributed by atoms with Crippen molar-refractivity contribution in [3.63, 3.8) is 0 Å². The maximum atomic E-state index is 11.6. The molecule has 18 heavy (non-hydrogen) atoms. The molecule has 94 valence electrons. The third kappa shape index (κ3) is 3.24. The molecular formula is C10H13N7O. The zero-order chi connectivity index (χ0) is 13.0. The highest BCUT2D eigenvalue weighted by Crippen LogP contribution is 1.94. The molecule has 2 heterocycles. The van der Waals surface area contributed by atoms with E-state index in [0.717, 1.165) is 5.69 Å². The molecule has 0 bridgehead atoms. The maximum absolute atomic E-state index is 11.6. The summed E-state index contributed by atoms with van der Waals surface area (Å²) in [7, 11) is 0. The first-order valence-corrected chi connectivity index (χ1v) is 5.33. The highest BCUT2D eigenvalue weighted by molar-refractivity contribution is 5.75. The standard InChI is InChI=1S/C10H13N7O/c1-7-12-3-2-8(15-7)4-13-9(18)5-17-6-14-10(11)16-17/h2-3,6H,4-5H2,1H3,(H2,11,16)(H,13,18). The minimum Gasteiger partial charge on any atom is -0.367 e. The van der Waals surface area contributed by atoms with Gasteiger partial charge < -0.3 is 11.1 Å². The molecule has 2 aromatic heterocycles. The number of anilines is 1. The molecule has 0 aliphatic carbocycles. The fourth-order valence-electron chi connectivity index (χ4n) is 1.38.